The van der Waals surface area contributed by atoms with Gasteiger partial charge in [0, 0.05) is 13.1 Å². The average molecular weight is 316 g/mol. The zero-order chi connectivity index (χ0) is 15.9. The minimum absolute atomic E-state index is 0.234. The minimum atomic E-state index is -0.234. The van der Waals surface area contributed by atoms with Crippen molar-refractivity contribution in [3.8, 4) is 0 Å². The lowest BCUT2D eigenvalue weighted by Crippen LogP contribution is -2.29. The van der Waals surface area contributed by atoms with E-state index in [2.05, 4.69) is 34.5 Å². The van der Waals surface area contributed by atoms with Crippen molar-refractivity contribution in [2.75, 3.05) is 26.3 Å². The Hall–Kier alpha value is -2.01. The molecule has 1 amide bonds. The summed E-state index contributed by atoms with van der Waals surface area (Å²) in [7, 11) is 0. The third kappa shape index (κ3) is 4.73. The highest BCUT2D eigenvalue weighted by Gasteiger charge is 2.14. The summed E-state index contributed by atoms with van der Waals surface area (Å²) in [6, 6.07) is 8.45. The summed E-state index contributed by atoms with van der Waals surface area (Å²) in [4.78, 5) is 14.4. The topological polar surface area (TPSA) is 50.8 Å². The Morgan fingerprint density at radius 1 is 1.04 bits per heavy atom. The second kappa shape index (κ2) is 8.02. The highest BCUT2D eigenvalue weighted by Crippen LogP contribution is 2.13. The maximum atomic E-state index is 11.9. The molecule has 1 N–H and O–H groups in total. The zero-order valence-electron chi connectivity index (χ0n) is 13.4. The lowest BCUT2D eigenvalue weighted by molar-refractivity contribution is -0.122. The van der Waals surface area contributed by atoms with Crippen LogP contribution < -0.4 is 5.32 Å². The van der Waals surface area contributed by atoms with Gasteiger partial charge in [-0.15, -0.1) is 0 Å². The van der Waals surface area contributed by atoms with Gasteiger partial charge in [-0.1, -0.05) is 30.7 Å². The largest absolute Gasteiger partial charge is 0.494 e. The average Bonchev–Trinajstić information content (AvgIpc) is 2.62. The van der Waals surface area contributed by atoms with Crippen LogP contribution in [0, 0.1) is 0 Å². The molecule has 0 aliphatic carbocycles. The number of ether oxygens (including phenoxy) is 2. The molecule has 2 aliphatic heterocycles. The molecule has 5 heteroatoms. The van der Waals surface area contributed by atoms with Crippen LogP contribution in [0.2, 0.25) is 0 Å². The molecule has 1 saturated heterocycles. The van der Waals surface area contributed by atoms with Gasteiger partial charge in [-0.05, 0) is 37.1 Å². The van der Waals surface area contributed by atoms with Crippen molar-refractivity contribution in [2.45, 2.75) is 32.4 Å². The number of benzene rings is 1. The molecule has 0 radical (unpaired) electrons. The molecule has 0 spiro atoms. The number of hydrogen-bond donors (Lipinski definition) is 1. The molecular formula is C18H24N2O3. The van der Waals surface area contributed by atoms with Crippen molar-refractivity contribution in [1.82, 2.24) is 10.2 Å². The molecule has 1 aromatic rings. The standard InChI is InChI=1S/C18H24N2O3/c21-18(17-14-22-10-11-23-17)19-12-15-4-6-16(7-5-15)13-20-8-2-1-3-9-20/h4-7,14H,1-3,8-13H2,(H,19,21). The summed E-state index contributed by atoms with van der Waals surface area (Å²) < 4.78 is 10.3. The molecule has 2 heterocycles. The van der Waals surface area contributed by atoms with Crippen molar-refractivity contribution in [3.05, 3.63) is 47.4 Å². The Morgan fingerprint density at radius 2 is 1.78 bits per heavy atom. The Kier molecular flexibility index (Phi) is 5.53. The van der Waals surface area contributed by atoms with E-state index in [1.165, 1.54) is 44.2 Å². The van der Waals surface area contributed by atoms with E-state index in [-0.39, 0.29) is 11.7 Å². The number of carbonyl (C=O) groups excluding carboxylic acids is 1. The van der Waals surface area contributed by atoms with Crippen LogP contribution in [0.4, 0.5) is 0 Å². The van der Waals surface area contributed by atoms with Crippen LogP contribution in [-0.4, -0.2) is 37.1 Å². The fraction of sp³-hybridized carbons (Fsp3) is 0.500. The molecule has 1 fully saturated rings. The predicted molar refractivity (Wildman–Crippen MR) is 87.4 cm³/mol. The van der Waals surface area contributed by atoms with E-state index < -0.39 is 0 Å². The van der Waals surface area contributed by atoms with Gasteiger partial charge in [0.05, 0.1) is 0 Å². The molecule has 0 aromatic heterocycles. The first-order valence-corrected chi connectivity index (χ1v) is 8.34. The number of rotatable bonds is 5. The number of amides is 1. The van der Waals surface area contributed by atoms with Crippen LogP contribution in [0.15, 0.2) is 36.3 Å². The molecule has 124 valence electrons. The maximum Gasteiger partial charge on any atom is 0.289 e. The second-order valence-corrected chi connectivity index (χ2v) is 6.04. The maximum absolute atomic E-state index is 11.9. The zero-order valence-corrected chi connectivity index (χ0v) is 13.4. The van der Waals surface area contributed by atoms with E-state index in [9.17, 15) is 4.79 Å². The molecule has 0 unspecified atom stereocenters. The van der Waals surface area contributed by atoms with Gasteiger partial charge in [0.25, 0.3) is 5.91 Å². The SMILES string of the molecule is O=C(NCc1ccc(CN2CCCCC2)cc1)C1=COCCO1. The van der Waals surface area contributed by atoms with Gasteiger partial charge in [-0.25, -0.2) is 0 Å². The summed E-state index contributed by atoms with van der Waals surface area (Å²) in [5.74, 6) is 0.0139. The summed E-state index contributed by atoms with van der Waals surface area (Å²) in [6.07, 6.45) is 5.36. The number of carbonyl (C=O) groups is 1. The van der Waals surface area contributed by atoms with E-state index in [1.54, 1.807) is 0 Å². The normalized spacial score (nSPS) is 18.5. The number of piperidine rings is 1. The van der Waals surface area contributed by atoms with E-state index >= 15 is 0 Å². The third-order valence-electron chi connectivity index (χ3n) is 4.20. The van der Waals surface area contributed by atoms with E-state index in [4.69, 9.17) is 9.47 Å². The van der Waals surface area contributed by atoms with Gasteiger partial charge in [-0.3, -0.25) is 9.69 Å². The van der Waals surface area contributed by atoms with Crippen molar-refractivity contribution in [1.29, 1.82) is 0 Å². The molecule has 1 aromatic carbocycles. The van der Waals surface area contributed by atoms with E-state index in [1.807, 2.05) is 0 Å². The van der Waals surface area contributed by atoms with Crippen LogP contribution in [-0.2, 0) is 27.4 Å². The third-order valence-corrected chi connectivity index (χ3v) is 4.20. The Bertz CT molecular complexity index is 548. The van der Waals surface area contributed by atoms with Gasteiger partial charge in [0.15, 0.2) is 0 Å². The Labute approximate surface area is 137 Å². The van der Waals surface area contributed by atoms with Crippen LogP contribution >= 0.6 is 0 Å². The van der Waals surface area contributed by atoms with Crippen molar-refractivity contribution in [3.63, 3.8) is 0 Å². The lowest BCUT2D eigenvalue weighted by atomic mass is 10.1. The van der Waals surface area contributed by atoms with Crippen LogP contribution in [0.3, 0.4) is 0 Å². The summed E-state index contributed by atoms with van der Waals surface area (Å²) in [5.41, 5.74) is 2.41. The minimum Gasteiger partial charge on any atom is -0.494 e. The molecule has 2 aliphatic rings. The summed E-state index contributed by atoms with van der Waals surface area (Å²) in [5, 5.41) is 2.85. The molecule has 0 atom stereocenters. The number of nitrogens with one attached hydrogen (secondary N) is 1. The molecule has 5 nitrogen and oxygen atoms in total. The van der Waals surface area contributed by atoms with E-state index in [0.29, 0.717) is 19.8 Å². The number of hydrogen-bond acceptors (Lipinski definition) is 4. The fourth-order valence-corrected chi connectivity index (χ4v) is 2.90. The van der Waals surface area contributed by atoms with Gasteiger partial charge >= 0.3 is 0 Å². The summed E-state index contributed by atoms with van der Waals surface area (Å²) in [6.45, 7) is 4.83. The predicted octanol–water partition coefficient (Wildman–Crippen LogP) is 2.18. The van der Waals surface area contributed by atoms with Crippen LogP contribution in [0.5, 0.6) is 0 Å². The Balaban J connectivity index is 1.47. The van der Waals surface area contributed by atoms with Gasteiger partial charge < -0.3 is 14.8 Å². The first-order chi connectivity index (χ1) is 11.3. The first-order valence-electron chi connectivity index (χ1n) is 8.34. The molecule has 23 heavy (non-hydrogen) atoms. The van der Waals surface area contributed by atoms with E-state index in [0.717, 1.165) is 12.1 Å². The molecular weight excluding hydrogens is 292 g/mol. The van der Waals surface area contributed by atoms with Crippen molar-refractivity contribution >= 4 is 5.91 Å². The Morgan fingerprint density at radius 3 is 2.48 bits per heavy atom. The fourth-order valence-electron chi connectivity index (χ4n) is 2.90. The van der Waals surface area contributed by atoms with Crippen molar-refractivity contribution < 1.29 is 14.3 Å². The monoisotopic (exact) mass is 316 g/mol. The second-order valence-electron chi connectivity index (χ2n) is 6.04. The highest BCUT2D eigenvalue weighted by atomic mass is 16.6. The van der Waals surface area contributed by atoms with Crippen molar-refractivity contribution in [2.24, 2.45) is 0 Å². The number of nitrogens with zero attached hydrogens (tertiary/aromatic N) is 1. The molecule has 3 rings (SSSR count). The molecule has 0 saturated carbocycles. The van der Waals surface area contributed by atoms with Gasteiger partial charge in [0.2, 0.25) is 5.76 Å². The van der Waals surface area contributed by atoms with Crippen LogP contribution in [0.1, 0.15) is 30.4 Å². The van der Waals surface area contributed by atoms with Gasteiger partial charge in [0.1, 0.15) is 19.5 Å². The summed E-state index contributed by atoms with van der Waals surface area (Å²) >= 11 is 0. The molecule has 0 bridgehead atoms. The first kappa shape index (κ1) is 15.9. The lowest BCUT2D eigenvalue weighted by Gasteiger charge is -2.26. The number of likely N-dealkylation sites (tertiary alicyclic amines) is 1. The quantitative estimate of drug-likeness (QED) is 0.904. The van der Waals surface area contributed by atoms with Gasteiger partial charge in [-0.2, -0.15) is 0 Å². The highest BCUT2D eigenvalue weighted by molar-refractivity contribution is 5.91. The smallest absolute Gasteiger partial charge is 0.289 e. The van der Waals surface area contributed by atoms with Crippen LogP contribution in [0.25, 0.3) is 0 Å².